The van der Waals surface area contributed by atoms with Crippen LogP contribution in [0.2, 0.25) is 0 Å². The molecule has 4 nitrogen and oxygen atoms in total. The summed E-state index contributed by atoms with van der Waals surface area (Å²) in [7, 11) is 0. The summed E-state index contributed by atoms with van der Waals surface area (Å²) in [4.78, 5) is 6.82. The van der Waals surface area contributed by atoms with Crippen LogP contribution in [0, 0.1) is 19.3 Å². The normalized spacial score (nSPS) is 10.6. The van der Waals surface area contributed by atoms with Crippen LogP contribution in [0.25, 0.3) is 0 Å². The largest absolute Gasteiger partial charge is 0.384 e. The Labute approximate surface area is 122 Å². The molecule has 0 spiro atoms. The SMILES string of the molecule is CCCCN(CCCC)c1cc(C)nc(C)c1C(=N)N. The predicted molar refractivity (Wildman–Crippen MR) is 86.8 cm³/mol. The van der Waals surface area contributed by atoms with E-state index in [0.29, 0.717) is 0 Å². The molecule has 0 unspecified atom stereocenters. The van der Waals surface area contributed by atoms with Crippen molar-refractivity contribution < 1.29 is 0 Å². The van der Waals surface area contributed by atoms with Gasteiger partial charge >= 0.3 is 0 Å². The van der Waals surface area contributed by atoms with Crippen molar-refractivity contribution in [2.45, 2.75) is 53.4 Å². The second kappa shape index (κ2) is 7.88. The summed E-state index contributed by atoms with van der Waals surface area (Å²) >= 11 is 0. The number of hydrogen-bond donors (Lipinski definition) is 2. The molecule has 0 amide bonds. The second-order valence-electron chi connectivity index (χ2n) is 5.35. The lowest BCUT2D eigenvalue weighted by atomic mass is 10.1. The first kappa shape index (κ1) is 16.5. The van der Waals surface area contributed by atoms with Crippen LogP contribution in [0.4, 0.5) is 5.69 Å². The average molecular weight is 276 g/mol. The third-order valence-electron chi connectivity index (χ3n) is 3.48. The van der Waals surface area contributed by atoms with Crippen LogP contribution in [-0.4, -0.2) is 23.9 Å². The van der Waals surface area contributed by atoms with Crippen LogP contribution >= 0.6 is 0 Å². The van der Waals surface area contributed by atoms with E-state index in [9.17, 15) is 0 Å². The molecular weight excluding hydrogens is 248 g/mol. The first-order valence-electron chi connectivity index (χ1n) is 7.58. The van der Waals surface area contributed by atoms with Crippen LogP contribution in [0.5, 0.6) is 0 Å². The molecule has 0 aromatic carbocycles. The van der Waals surface area contributed by atoms with Gasteiger partial charge in [-0.2, -0.15) is 0 Å². The van der Waals surface area contributed by atoms with Gasteiger partial charge in [0.2, 0.25) is 0 Å². The topological polar surface area (TPSA) is 66.0 Å². The number of anilines is 1. The highest BCUT2D eigenvalue weighted by Gasteiger charge is 2.16. The third-order valence-corrected chi connectivity index (χ3v) is 3.48. The minimum atomic E-state index is 0.114. The second-order valence-corrected chi connectivity index (χ2v) is 5.35. The Morgan fingerprint density at radius 2 is 1.75 bits per heavy atom. The van der Waals surface area contributed by atoms with Crippen molar-refractivity contribution in [3.8, 4) is 0 Å². The molecule has 1 aromatic heterocycles. The van der Waals surface area contributed by atoms with Crippen LogP contribution in [-0.2, 0) is 0 Å². The van der Waals surface area contributed by atoms with Crippen molar-refractivity contribution in [1.29, 1.82) is 5.41 Å². The predicted octanol–water partition coefficient (Wildman–Crippen LogP) is 3.39. The van der Waals surface area contributed by atoms with Gasteiger partial charge in [-0.15, -0.1) is 0 Å². The Morgan fingerprint density at radius 3 is 2.20 bits per heavy atom. The number of aromatic nitrogens is 1. The van der Waals surface area contributed by atoms with E-state index in [1.807, 2.05) is 13.8 Å². The fourth-order valence-corrected chi connectivity index (χ4v) is 2.44. The standard InChI is InChI=1S/C16H28N4/c1-5-7-9-20(10-8-6-2)14-11-12(3)19-13(4)15(14)16(17)18/h11H,5-10H2,1-4H3,(H3,17,18). The number of nitrogens with zero attached hydrogens (tertiary/aromatic N) is 2. The Morgan fingerprint density at radius 1 is 1.20 bits per heavy atom. The van der Waals surface area contributed by atoms with E-state index >= 15 is 0 Å². The molecule has 112 valence electrons. The van der Waals surface area contributed by atoms with E-state index in [4.69, 9.17) is 11.1 Å². The Balaban J connectivity index is 3.18. The summed E-state index contributed by atoms with van der Waals surface area (Å²) in [6, 6.07) is 2.06. The molecule has 0 aliphatic rings. The fraction of sp³-hybridized carbons (Fsp3) is 0.625. The molecule has 1 aromatic rings. The third kappa shape index (κ3) is 4.22. The summed E-state index contributed by atoms with van der Waals surface area (Å²) in [6.45, 7) is 10.4. The van der Waals surface area contributed by atoms with Gasteiger partial charge in [0.05, 0.1) is 16.9 Å². The van der Waals surface area contributed by atoms with Gasteiger partial charge < -0.3 is 10.6 Å². The monoisotopic (exact) mass is 276 g/mol. The lowest BCUT2D eigenvalue weighted by molar-refractivity contribution is 0.676. The van der Waals surface area contributed by atoms with Crippen molar-refractivity contribution in [2.75, 3.05) is 18.0 Å². The van der Waals surface area contributed by atoms with Crippen LogP contribution < -0.4 is 10.6 Å². The Bertz CT molecular complexity index is 446. The van der Waals surface area contributed by atoms with Gasteiger partial charge in [0.25, 0.3) is 0 Å². The zero-order chi connectivity index (χ0) is 15.1. The minimum absolute atomic E-state index is 0.114. The van der Waals surface area contributed by atoms with Gasteiger partial charge in [-0.05, 0) is 32.8 Å². The molecule has 1 heterocycles. The number of amidine groups is 1. The smallest absolute Gasteiger partial charge is 0.126 e. The number of unbranched alkanes of at least 4 members (excludes halogenated alkanes) is 2. The summed E-state index contributed by atoms with van der Waals surface area (Å²) < 4.78 is 0. The molecule has 20 heavy (non-hydrogen) atoms. The maximum absolute atomic E-state index is 7.85. The van der Waals surface area contributed by atoms with Gasteiger partial charge in [0, 0.05) is 18.8 Å². The molecule has 0 radical (unpaired) electrons. The summed E-state index contributed by atoms with van der Waals surface area (Å²) in [5.74, 6) is 0.114. The van der Waals surface area contributed by atoms with Crippen LogP contribution in [0.1, 0.15) is 56.5 Å². The van der Waals surface area contributed by atoms with E-state index in [1.165, 1.54) is 12.8 Å². The highest BCUT2D eigenvalue weighted by Crippen LogP contribution is 2.24. The van der Waals surface area contributed by atoms with E-state index in [-0.39, 0.29) is 5.84 Å². The van der Waals surface area contributed by atoms with Gasteiger partial charge in [0.1, 0.15) is 5.84 Å². The number of aryl methyl sites for hydroxylation is 2. The first-order chi connectivity index (χ1) is 9.51. The molecule has 0 aliphatic carbocycles. The number of pyridine rings is 1. The zero-order valence-corrected chi connectivity index (χ0v) is 13.3. The van der Waals surface area contributed by atoms with Crippen LogP contribution in [0.3, 0.4) is 0 Å². The summed E-state index contributed by atoms with van der Waals surface area (Å²) in [5, 5.41) is 7.85. The van der Waals surface area contributed by atoms with Crippen molar-refractivity contribution in [2.24, 2.45) is 5.73 Å². The molecule has 1 rings (SSSR count). The molecule has 3 N–H and O–H groups in total. The Kier molecular flexibility index (Phi) is 6.49. The molecule has 0 saturated heterocycles. The molecular formula is C16H28N4. The quantitative estimate of drug-likeness (QED) is 0.565. The number of nitrogens with one attached hydrogen (secondary N) is 1. The fourth-order valence-electron chi connectivity index (χ4n) is 2.44. The van der Waals surface area contributed by atoms with E-state index in [1.54, 1.807) is 0 Å². The van der Waals surface area contributed by atoms with Gasteiger partial charge in [-0.1, -0.05) is 26.7 Å². The highest BCUT2D eigenvalue weighted by atomic mass is 15.1. The first-order valence-corrected chi connectivity index (χ1v) is 7.58. The number of hydrogen-bond acceptors (Lipinski definition) is 3. The molecule has 0 bridgehead atoms. The highest BCUT2D eigenvalue weighted by molar-refractivity contribution is 6.01. The number of nitrogen functional groups attached to an aromatic ring is 1. The van der Waals surface area contributed by atoms with E-state index in [0.717, 1.165) is 48.6 Å². The molecule has 0 saturated carbocycles. The lowest BCUT2D eigenvalue weighted by Crippen LogP contribution is -2.29. The molecule has 4 heteroatoms. The summed E-state index contributed by atoms with van der Waals surface area (Å²) in [5.41, 5.74) is 9.48. The van der Waals surface area contributed by atoms with E-state index in [2.05, 4.69) is 29.8 Å². The zero-order valence-electron chi connectivity index (χ0n) is 13.3. The molecule has 0 fully saturated rings. The van der Waals surface area contributed by atoms with Gasteiger partial charge in [0.15, 0.2) is 0 Å². The van der Waals surface area contributed by atoms with Crippen LogP contribution in [0.15, 0.2) is 6.07 Å². The average Bonchev–Trinajstić information content (AvgIpc) is 2.37. The van der Waals surface area contributed by atoms with Crippen molar-refractivity contribution in [3.05, 3.63) is 23.0 Å². The van der Waals surface area contributed by atoms with Gasteiger partial charge in [-0.3, -0.25) is 10.4 Å². The molecule has 0 aliphatic heterocycles. The van der Waals surface area contributed by atoms with Gasteiger partial charge in [-0.25, -0.2) is 0 Å². The van der Waals surface area contributed by atoms with E-state index < -0.39 is 0 Å². The lowest BCUT2D eigenvalue weighted by Gasteiger charge is -2.28. The number of nitrogens with two attached hydrogens (primary N) is 1. The molecule has 0 atom stereocenters. The maximum Gasteiger partial charge on any atom is 0.126 e. The Hall–Kier alpha value is -1.58. The van der Waals surface area contributed by atoms with Crippen molar-refractivity contribution in [3.63, 3.8) is 0 Å². The summed E-state index contributed by atoms with van der Waals surface area (Å²) in [6.07, 6.45) is 4.64. The van der Waals surface area contributed by atoms with Crippen molar-refractivity contribution >= 4 is 11.5 Å². The minimum Gasteiger partial charge on any atom is -0.384 e. The number of rotatable bonds is 8. The maximum atomic E-state index is 7.85. The van der Waals surface area contributed by atoms with Crippen molar-refractivity contribution in [1.82, 2.24) is 4.98 Å².